The molecule has 9 nitrogen and oxygen atoms in total. The average Bonchev–Trinajstić information content (AvgIpc) is 2.94. The number of carbonyl (C=O) groups is 2. The Morgan fingerprint density at radius 1 is 1.10 bits per heavy atom. The number of likely N-dealkylation sites (tertiary alicyclic amines) is 1. The van der Waals surface area contributed by atoms with Gasteiger partial charge in [-0.3, -0.25) is 18.8 Å². The lowest BCUT2D eigenvalue weighted by atomic mass is 9.96. The van der Waals surface area contributed by atoms with E-state index in [2.05, 4.69) is 22.3 Å². The number of ether oxygens (including phenoxy) is 1. The highest BCUT2D eigenvalue weighted by Gasteiger charge is 2.39. The predicted octanol–water partition coefficient (Wildman–Crippen LogP) is 3.31. The minimum absolute atomic E-state index is 0.0666. The number of hydrogen-bond acceptors (Lipinski definition) is 6. The van der Waals surface area contributed by atoms with E-state index in [0.717, 1.165) is 40.8 Å². The molecular weight excluding hydrogens is 516 g/mol. The number of fused-ring (bicyclic) bond motifs is 1. The first-order chi connectivity index (χ1) is 18.7. The van der Waals surface area contributed by atoms with Gasteiger partial charge in [-0.2, -0.15) is 0 Å². The number of hydrogen-bond donors (Lipinski definition) is 1. The number of nitrogens with zero attached hydrogens (tertiary/aromatic N) is 3. The molecule has 10 heteroatoms. The lowest BCUT2D eigenvalue weighted by Crippen LogP contribution is -2.51. The number of sulfonamides is 1. The molecule has 0 bridgehead atoms. The molecule has 208 valence electrons. The topological polar surface area (TPSA) is 99.3 Å². The molecule has 0 saturated carbocycles. The summed E-state index contributed by atoms with van der Waals surface area (Å²) in [5.41, 5.74) is 3.04. The number of amides is 2. The Hall–Kier alpha value is -3.37. The summed E-state index contributed by atoms with van der Waals surface area (Å²) in [6.45, 7) is 5.44. The van der Waals surface area contributed by atoms with Crippen molar-refractivity contribution in [3.05, 3.63) is 71.6 Å². The fourth-order valence-corrected chi connectivity index (χ4v) is 7.00. The average molecular weight is 553 g/mol. The number of carbonyl (C=O) groups excluding carboxylic acids is 2. The van der Waals surface area contributed by atoms with Gasteiger partial charge in [-0.15, -0.1) is 0 Å². The van der Waals surface area contributed by atoms with E-state index < -0.39 is 22.0 Å². The van der Waals surface area contributed by atoms with Crippen LogP contribution in [0.15, 0.2) is 59.8 Å². The molecule has 3 heterocycles. The Bertz CT molecular complexity index is 1350. The van der Waals surface area contributed by atoms with Crippen LogP contribution in [-0.4, -0.2) is 67.1 Å². The second kappa shape index (κ2) is 11.4. The predicted molar refractivity (Wildman–Crippen MR) is 147 cm³/mol. The molecule has 1 fully saturated rings. The van der Waals surface area contributed by atoms with Gasteiger partial charge in [0.05, 0.1) is 24.0 Å². The number of benzene rings is 2. The Balaban J connectivity index is 1.32. The fourth-order valence-electron chi connectivity index (χ4n) is 5.55. The second-order valence-electron chi connectivity index (χ2n) is 10.6. The third kappa shape index (κ3) is 5.81. The summed E-state index contributed by atoms with van der Waals surface area (Å²) in [6, 6.07) is 11.2. The Labute approximate surface area is 230 Å². The SMILES string of the molecule is Cc1ccc(S(=O)(=O)N2C=CNC(=O)C2CC(=O)N(C)C2CCOc3cc(CN4CCCCC4)ccc32)cc1. The zero-order valence-corrected chi connectivity index (χ0v) is 23.3. The molecule has 2 amide bonds. The molecule has 0 spiro atoms. The van der Waals surface area contributed by atoms with Crippen molar-refractivity contribution in [2.45, 2.75) is 62.6 Å². The number of aryl methyl sites for hydroxylation is 1. The molecule has 0 radical (unpaired) electrons. The highest BCUT2D eigenvalue weighted by molar-refractivity contribution is 7.89. The second-order valence-corrected chi connectivity index (χ2v) is 12.4. The van der Waals surface area contributed by atoms with Crippen molar-refractivity contribution in [2.24, 2.45) is 0 Å². The van der Waals surface area contributed by atoms with Crippen molar-refractivity contribution >= 4 is 21.8 Å². The minimum Gasteiger partial charge on any atom is -0.493 e. The van der Waals surface area contributed by atoms with Gasteiger partial charge < -0.3 is 15.0 Å². The molecule has 0 aromatic heterocycles. The van der Waals surface area contributed by atoms with Crippen molar-refractivity contribution in [1.82, 2.24) is 19.4 Å². The molecule has 2 aromatic carbocycles. The lowest BCUT2D eigenvalue weighted by molar-refractivity contribution is -0.136. The van der Waals surface area contributed by atoms with Crippen LogP contribution < -0.4 is 10.1 Å². The maximum Gasteiger partial charge on any atom is 0.264 e. The van der Waals surface area contributed by atoms with Crippen LogP contribution in [0, 0.1) is 6.92 Å². The molecule has 3 aliphatic rings. The van der Waals surface area contributed by atoms with E-state index in [1.54, 1.807) is 24.1 Å². The summed E-state index contributed by atoms with van der Waals surface area (Å²) in [5, 5.41) is 2.55. The van der Waals surface area contributed by atoms with Crippen LogP contribution in [-0.2, 0) is 26.2 Å². The van der Waals surface area contributed by atoms with Crippen LogP contribution in [0.4, 0.5) is 0 Å². The molecule has 1 N–H and O–H groups in total. The molecule has 2 aromatic rings. The first-order valence-corrected chi connectivity index (χ1v) is 15.0. The van der Waals surface area contributed by atoms with Crippen LogP contribution in [0.1, 0.15) is 54.8 Å². The molecule has 2 atom stereocenters. The van der Waals surface area contributed by atoms with Gasteiger partial charge in [-0.25, -0.2) is 8.42 Å². The van der Waals surface area contributed by atoms with Gasteiger partial charge in [0.1, 0.15) is 11.8 Å². The highest BCUT2D eigenvalue weighted by atomic mass is 32.2. The third-order valence-corrected chi connectivity index (χ3v) is 9.62. The number of piperidine rings is 1. The Morgan fingerprint density at radius 2 is 1.85 bits per heavy atom. The van der Waals surface area contributed by atoms with Crippen LogP contribution in [0.2, 0.25) is 0 Å². The van der Waals surface area contributed by atoms with Gasteiger partial charge in [0, 0.05) is 38.0 Å². The van der Waals surface area contributed by atoms with Gasteiger partial charge in [-0.05, 0) is 56.6 Å². The van der Waals surface area contributed by atoms with E-state index in [9.17, 15) is 18.0 Å². The van der Waals surface area contributed by atoms with E-state index in [0.29, 0.717) is 13.0 Å². The summed E-state index contributed by atoms with van der Waals surface area (Å²) in [4.78, 5) is 30.5. The van der Waals surface area contributed by atoms with Crippen LogP contribution in [0.25, 0.3) is 0 Å². The summed E-state index contributed by atoms with van der Waals surface area (Å²) in [7, 11) is -2.32. The molecule has 39 heavy (non-hydrogen) atoms. The van der Waals surface area contributed by atoms with Gasteiger partial charge in [0.15, 0.2) is 0 Å². The van der Waals surface area contributed by atoms with Crippen molar-refractivity contribution < 1.29 is 22.7 Å². The third-order valence-electron chi connectivity index (χ3n) is 7.82. The summed E-state index contributed by atoms with van der Waals surface area (Å²) in [5.74, 6) is -0.0724. The first kappa shape index (κ1) is 27.2. The smallest absolute Gasteiger partial charge is 0.264 e. The minimum atomic E-state index is -4.03. The highest BCUT2D eigenvalue weighted by Crippen LogP contribution is 2.37. The molecule has 3 aliphatic heterocycles. The van der Waals surface area contributed by atoms with Crippen LogP contribution >= 0.6 is 0 Å². The normalized spacial score (nSPS) is 21.6. The molecular formula is C29H36N4O5S. The summed E-state index contributed by atoms with van der Waals surface area (Å²) in [6.07, 6.45) is 6.68. The maximum absolute atomic E-state index is 13.5. The van der Waals surface area contributed by atoms with E-state index in [-0.39, 0.29) is 23.3 Å². The molecule has 0 aliphatic carbocycles. The molecule has 2 unspecified atom stereocenters. The maximum atomic E-state index is 13.5. The van der Waals surface area contributed by atoms with Crippen molar-refractivity contribution in [1.29, 1.82) is 0 Å². The molecule has 5 rings (SSSR count). The first-order valence-electron chi connectivity index (χ1n) is 13.5. The molecule has 1 saturated heterocycles. The zero-order chi connectivity index (χ0) is 27.6. The number of rotatable bonds is 7. The Kier molecular flexibility index (Phi) is 7.95. The van der Waals surface area contributed by atoms with Crippen molar-refractivity contribution in [2.75, 3.05) is 26.7 Å². The van der Waals surface area contributed by atoms with Crippen molar-refractivity contribution in [3.63, 3.8) is 0 Å². The van der Waals surface area contributed by atoms with Crippen LogP contribution in [0.3, 0.4) is 0 Å². The fraction of sp³-hybridized carbons (Fsp3) is 0.448. The standard InChI is InChI=1S/C29H36N4O5S/c1-21-6-9-23(10-7-21)39(36,37)33-16-13-30-29(35)26(33)19-28(34)31(2)25-12-17-38-27-18-22(8-11-24(25)27)20-32-14-4-3-5-15-32/h6-11,13,16,18,25-26H,3-5,12,14-15,17,19-20H2,1-2H3,(H,30,35). The van der Waals surface area contributed by atoms with Crippen LogP contribution in [0.5, 0.6) is 5.75 Å². The van der Waals surface area contributed by atoms with E-state index >= 15 is 0 Å². The summed E-state index contributed by atoms with van der Waals surface area (Å²) >= 11 is 0. The quantitative estimate of drug-likeness (QED) is 0.566. The van der Waals surface area contributed by atoms with Gasteiger partial charge in [0.25, 0.3) is 10.0 Å². The lowest BCUT2D eigenvalue weighted by Gasteiger charge is -2.36. The van der Waals surface area contributed by atoms with E-state index in [1.807, 2.05) is 13.0 Å². The van der Waals surface area contributed by atoms with Crippen molar-refractivity contribution in [3.8, 4) is 5.75 Å². The zero-order valence-electron chi connectivity index (χ0n) is 22.5. The van der Waals surface area contributed by atoms with E-state index in [1.165, 1.54) is 49.4 Å². The summed E-state index contributed by atoms with van der Waals surface area (Å²) < 4.78 is 33.8. The largest absolute Gasteiger partial charge is 0.493 e. The Morgan fingerprint density at radius 3 is 2.59 bits per heavy atom. The van der Waals surface area contributed by atoms with Gasteiger partial charge >= 0.3 is 0 Å². The number of nitrogens with one attached hydrogen (secondary N) is 1. The monoisotopic (exact) mass is 552 g/mol. The van der Waals surface area contributed by atoms with Gasteiger partial charge in [-0.1, -0.05) is 36.2 Å². The van der Waals surface area contributed by atoms with E-state index in [4.69, 9.17) is 4.74 Å². The van der Waals surface area contributed by atoms with Gasteiger partial charge in [0.2, 0.25) is 11.8 Å².